The van der Waals surface area contributed by atoms with E-state index in [1.165, 1.54) is 12.1 Å². The molecule has 0 bridgehead atoms. The Labute approximate surface area is 70.1 Å². The number of carbonyl (C=O) groups excluding carboxylic acids is 1. The van der Waals surface area contributed by atoms with E-state index in [-0.39, 0.29) is 5.56 Å². The lowest BCUT2D eigenvalue weighted by Crippen LogP contribution is -2.14. The van der Waals surface area contributed by atoms with Crippen LogP contribution in [-0.4, -0.2) is 13.5 Å². The first-order chi connectivity index (χ1) is 5.52. The van der Waals surface area contributed by atoms with E-state index >= 15 is 0 Å². The van der Waals surface area contributed by atoms with Gasteiger partial charge >= 0.3 is 0 Å². The summed E-state index contributed by atoms with van der Waals surface area (Å²) in [5.74, 6) is 0. The highest BCUT2D eigenvalue weighted by Crippen LogP contribution is 2.02. The summed E-state index contributed by atoms with van der Waals surface area (Å²) in [7, 11) is -4.34. The minimum absolute atomic E-state index is 0.0208. The van der Waals surface area contributed by atoms with Gasteiger partial charge in [0.15, 0.2) is 0 Å². The first-order valence-electron chi connectivity index (χ1n) is 3.11. The Morgan fingerprint density at radius 1 is 1.17 bits per heavy atom. The molecule has 1 aromatic carbocycles. The number of rotatable bonds is 1. The lowest BCUT2D eigenvalue weighted by atomic mass is 10.2. The van der Waals surface area contributed by atoms with E-state index < -0.39 is 15.1 Å². The van der Waals surface area contributed by atoms with Crippen LogP contribution in [0.4, 0.5) is 0 Å². The third-order valence-corrected chi connectivity index (χ3v) is 1.98. The minimum Gasteiger partial charge on any atom is -0.274 e. The second-order valence-electron chi connectivity index (χ2n) is 2.16. The predicted molar refractivity (Wildman–Crippen MR) is 42.8 cm³/mol. The van der Waals surface area contributed by atoms with Gasteiger partial charge in [-0.1, -0.05) is 30.3 Å². The van der Waals surface area contributed by atoms with Gasteiger partial charge in [0.2, 0.25) is 0 Å². The van der Waals surface area contributed by atoms with Crippen LogP contribution < -0.4 is 5.14 Å². The van der Waals surface area contributed by atoms with Crippen LogP contribution in [0.2, 0.25) is 0 Å². The fourth-order valence-corrected chi connectivity index (χ4v) is 1.18. The highest BCUT2D eigenvalue weighted by Gasteiger charge is 2.18. The molecule has 0 heterocycles. The summed E-state index contributed by atoms with van der Waals surface area (Å²) in [6.45, 7) is 0. The lowest BCUT2D eigenvalue weighted by Gasteiger charge is -1.94. The number of nitrogens with one attached hydrogen (secondary N) is 1. The fourth-order valence-electron chi connectivity index (χ4n) is 0.729. The molecule has 0 saturated heterocycles. The monoisotopic (exact) mass is 184 g/mol. The summed E-state index contributed by atoms with van der Waals surface area (Å²) in [6, 6.07) is 7.45. The topological polar surface area (TPSA) is 75.0 Å². The quantitative estimate of drug-likeness (QED) is 0.635. The number of sulfonamides is 1. The second-order valence-corrected chi connectivity index (χ2v) is 3.53. The summed E-state index contributed by atoms with van der Waals surface area (Å²) in [4.78, 5) is 10.9. The third kappa shape index (κ3) is 1.90. The van der Waals surface area contributed by atoms with Gasteiger partial charge in [0.05, 0.1) is 0 Å². The maximum atomic E-state index is 10.9. The van der Waals surface area contributed by atoms with E-state index in [0.717, 1.165) is 0 Å². The van der Waals surface area contributed by atoms with Gasteiger partial charge in [-0.25, -0.2) is 8.42 Å². The molecule has 63 valence electrons. The van der Waals surface area contributed by atoms with Crippen molar-refractivity contribution >= 4 is 15.1 Å². The van der Waals surface area contributed by atoms with E-state index in [4.69, 9.17) is 5.14 Å². The summed E-state index contributed by atoms with van der Waals surface area (Å²) < 4.78 is 20.9. The van der Waals surface area contributed by atoms with Crippen molar-refractivity contribution in [2.75, 3.05) is 0 Å². The maximum Gasteiger partial charge on any atom is 0.292 e. The average Bonchev–Trinajstić information content (AvgIpc) is 2.03. The largest absolute Gasteiger partial charge is 0.292 e. The van der Waals surface area contributed by atoms with E-state index in [9.17, 15) is 13.2 Å². The van der Waals surface area contributed by atoms with Crippen LogP contribution in [0.15, 0.2) is 30.3 Å². The molecule has 1 radical (unpaired) electrons. The molecule has 12 heavy (non-hydrogen) atoms. The summed E-state index contributed by atoms with van der Waals surface area (Å²) in [5.41, 5.74) is 0.0208. The van der Waals surface area contributed by atoms with Crippen molar-refractivity contribution in [1.29, 1.82) is 0 Å². The predicted octanol–water partition coefficient (Wildman–Crippen LogP) is 0.440. The van der Waals surface area contributed by atoms with E-state index in [2.05, 4.69) is 0 Å². The average molecular weight is 184 g/mol. The highest BCUT2D eigenvalue weighted by molar-refractivity contribution is 8.04. The molecular formula is C7H6NO3S. The van der Waals surface area contributed by atoms with Crippen molar-refractivity contribution in [3.05, 3.63) is 35.9 Å². The fraction of sp³-hybridized carbons (Fsp3) is 0. The number of hydrogen-bond acceptors (Lipinski definition) is 3. The molecule has 0 spiro atoms. The van der Waals surface area contributed by atoms with Gasteiger partial charge in [-0.15, -0.1) is 5.14 Å². The van der Waals surface area contributed by atoms with Crippen molar-refractivity contribution in [2.45, 2.75) is 0 Å². The summed E-state index contributed by atoms with van der Waals surface area (Å²) in [5, 5.41) is 5.33. The smallest absolute Gasteiger partial charge is 0.274 e. The number of carbonyl (C=O) groups is 1. The van der Waals surface area contributed by atoms with Crippen molar-refractivity contribution < 1.29 is 13.2 Å². The molecule has 4 nitrogen and oxygen atoms in total. The molecule has 0 aliphatic rings. The van der Waals surface area contributed by atoms with Crippen molar-refractivity contribution in [1.82, 2.24) is 5.14 Å². The van der Waals surface area contributed by atoms with Crippen LogP contribution in [0.25, 0.3) is 0 Å². The van der Waals surface area contributed by atoms with Crippen LogP contribution in [0.5, 0.6) is 0 Å². The highest BCUT2D eigenvalue weighted by atomic mass is 32.2. The maximum absolute atomic E-state index is 10.9. The normalized spacial score (nSPS) is 11.1. The van der Waals surface area contributed by atoms with Gasteiger partial charge in [-0.05, 0) is 0 Å². The van der Waals surface area contributed by atoms with Crippen LogP contribution in [0, 0.1) is 0 Å². The Bertz CT molecular complexity index is 382. The van der Waals surface area contributed by atoms with Gasteiger partial charge < -0.3 is 0 Å². The zero-order chi connectivity index (χ0) is 9.19. The SMILES string of the molecule is [NH]S(=O)(=O)C(=O)c1ccccc1. The minimum atomic E-state index is -4.34. The Kier molecular flexibility index (Phi) is 2.25. The number of benzene rings is 1. The van der Waals surface area contributed by atoms with Gasteiger partial charge in [0.1, 0.15) is 0 Å². The van der Waals surface area contributed by atoms with Crippen LogP contribution >= 0.6 is 0 Å². The first kappa shape index (κ1) is 8.89. The molecular weight excluding hydrogens is 178 g/mol. The molecule has 0 amide bonds. The standard InChI is InChI=1S/C7H6NO3S/c8-12(10,11)7(9)6-4-2-1-3-5-6/h1-5,8H. The Morgan fingerprint density at radius 3 is 2.08 bits per heavy atom. The van der Waals surface area contributed by atoms with Crippen LogP contribution in [-0.2, 0) is 10.0 Å². The van der Waals surface area contributed by atoms with E-state index in [1.54, 1.807) is 18.2 Å². The van der Waals surface area contributed by atoms with E-state index in [1.807, 2.05) is 0 Å². The molecule has 0 saturated carbocycles. The second kappa shape index (κ2) is 3.04. The van der Waals surface area contributed by atoms with Gasteiger partial charge in [-0.3, -0.25) is 4.79 Å². The molecule has 0 unspecified atom stereocenters. The Morgan fingerprint density at radius 2 is 1.67 bits per heavy atom. The first-order valence-corrected chi connectivity index (χ1v) is 4.59. The molecule has 5 heteroatoms. The van der Waals surface area contributed by atoms with Crippen LogP contribution in [0.1, 0.15) is 10.4 Å². The summed E-state index contributed by atoms with van der Waals surface area (Å²) in [6.07, 6.45) is 0. The van der Waals surface area contributed by atoms with Gasteiger partial charge in [0, 0.05) is 5.56 Å². The van der Waals surface area contributed by atoms with Gasteiger partial charge in [-0.2, -0.15) is 0 Å². The van der Waals surface area contributed by atoms with Crippen molar-refractivity contribution in [3.8, 4) is 0 Å². The Hall–Kier alpha value is -1.20. The van der Waals surface area contributed by atoms with Gasteiger partial charge in [0.25, 0.3) is 15.1 Å². The molecule has 0 atom stereocenters. The summed E-state index contributed by atoms with van der Waals surface area (Å²) >= 11 is 0. The zero-order valence-corrected chi connectivity index (χ0v) is 6.84. The molecule has 1 aromatic rings. The third-order valence-electron chi connectivity index (χ3n) is 1.25. The molecule has 1 N–H and O–H groups in total. The molecule has 0 aliphatic carbocycles. The number of hydrogen-bond donors (Lipinski definition) is 0. The Balaban J connectivity index is 3.11. The molecule has 0 fully saturated rings. The van der Waals surface area contributed by atoms with Crippen molar-refractivity contribution in [2.24, 2.45) is 0 Å². The lowest BCUT2D eigenvalue weighted by molar-refractivity contribution is 0.107. The van der Waals surface area contributed by atoms with Crippen LogP contribution in [0.3, 0.4) is 0 Å². The van der Waals surface area contributed by atoms with E-state index in [0.29, 0.717) is 0 Å². The zero-order valence-electron chi connectivity index (χ0n) is 6.02. The van der Waals surface area contributed by atoms with Crippen molar-refractivity contribution in [3.63, 3.8) is 0 Å². The molecule has 1 rings (SSSR count). The molecule has 0 aromatic heterocycles. The molecule has 0 aliphatic heterocycles.